The average Bonchev–Trinajstić information content (AvgIpc) is 3.13. The van der Waals surface area contributed by atoms with Crippen molar-refractivity contribution in [1.29, 1.82) is 0 Å². The first-order valence-corrected chi connectivity index (χ1v) is 11.5. The lowest BCUT2D eigenvalue weighted by atomic mass is 10.2. The quantitative estimate of drug-likeness (QED) is 0.466. The van der Waals surface area contributed by atoms with Crippen LogP contribution in [0, 0.1) is 0 Å². The number of hydrogen-bond acceptors (Lipinski definition) is 6. The lowest BCUT2D eigenvalue weighted by molar-refractivity contribution is -0.145. The minimum absolute atomic E-state index is 0.0398. The van der Waals surface area contributed by atoms with Gasteiger partial charge >= 0.3 is 6.18 Å². The van der Waals surface area contributed by atoms with Crippen LogP contribution in [0.2, 0.25) is 0 Å². The van der Waals surface area contributed by atoms with E-state index in [0.29, 0.717) is 29.6 Å². The molecular weight excluding hydrogens is 453 g/mol. The summed E-state index contributed by atoms with van der Waals surface area (Å²) in [6.07, 6.45) is -4.26. The molecule has 1 aliphatic rings. The number of carbonyl (C=O) groups excluding carboxylic acids is 1. The van der Waals surface area contributed by atoms with Gasteiger partial charge in [-0.2, -0.15) is 13.2 Å². The van der Waals surface area contributed by atoms with Crippen LogP contribution in [0.15, 0.2) is 52.4 Å². The third-order valence-corrected chi connectivity index (χ3v) is 6.62. The lowest BCUT2D eigenvalue weighted by Gasteiger charge is -2.17. The first-order chi connectivity index (χ1) is 14.5. The van der Waals surface area contributed by atoms with Crippen LogP contribution in [-0.4, -0.2) is 36.6 Å². The third-order valence-electron chi connectivity index (χ3n) is 4.73. The van der Waals surface area contributed by atoms with Crippen LogP contribution in [0.5, 0.6) is 0 Å². The Bertz CT molecular complexity index is 1300. The van der Waals surface area contributed by atoms with Crippen molar-refractivity contribution in [3.63, 3.8) is 0 Å². The fourth-order valence-electron chi connectivity index (χ4n) is 3.31. The molecule has 1 amide bonds. The number of carbonyl (C=O) groups is 1. The molecule has 3 aromatic rings. The predicted molar refractivity (Wildman–Crippen MR) is 109 cm³/mol. The highest BCUT2D eigenvalue weighted by atomic mass is 32.2. The third kappa shape index (κ3) is 4.36. The lowest BCUT2D eigenvalue weighted by Crippen LogP contribution is -2.30. The number of nitrogens with two attached hydrogens (primary N) is 1. The molecule has 0 aliphatic carbocycles. The van der Waals surface area contributed by atoms with Gasteiger partial charge in [0.25, 0.3) is 0 Å². The molecule has 2 heterocycles. The Morgan fingerprint density at radius 3 is 2.61 bits per heavy atom. The van der Waals surface area contributed by atoms with Crippen molar-refractivity contribution in [2.75, 3.05) is 17.2 Å². The van der Waals surface area contributed by atoms with E-state index < -0.39 is 22.0 Å². The largest absolute Gasteiger partial charge is 0.451 e. The number of rotatable bonds is 4. The zero-order valence-electron chi connectivity index (χ0n) is 15.8. The van der Waals surface area contributed by atoms with Gasteiger partial charge in [0.2, 0.25) is 21.8 Å². The number of primary sulfonamides is 1. The highest BCUT2D eigenvalue weighted by molar-refractivity contribution is 8.00. The number of halogens is 3. The molecule has 0 spiro atoms. The molecule has 31 heavy (non-hydrogen) atoms. The highest BCUT2D eigenvalue weighted by Crippen LogP contribution is 2.34. The molecule has 12 heteroatoms. The van der Waals surface area contributed by atoms with Crippen molar-refractivity contribution in [2.24, 2.45) is 5.14 Å². The van der Waals surface area contributed by atoms with E-state index >= 15 is 0 Å². The van der Waals surface area contributed by atoms with Gasteiger partial charge in [-0.3, -0.25) is 4.79 Å². The van der Waals surface area contributed by atoms with Gasteiger partial charge in [0.05, 0.1) is 16.2 Å². The van der Waals surface area contributed by atoms with E-state index in [1.165, 1.54) is 29.2 Å². The van der Waals surface area contributed by atoms with Gasteiger partial charge in [-0.15, -0.1) is 0 Å². The summed E-state index contributed by atoms with van der Waals surface area (Å²) < 4.78 is 62.5. The standard InChI is InChI=1S/C19H15F3N4O3S2/c20-19(21,22)18-24-14-4-2-1-3-13(14)17(25-18)30-10-16(27)26-8-7-11-9-12(31(23,28)29)5-6-15(11)26/h1-6,9H,7-8,10H2,(H2,23,28,29). The molecule has 0 fully saturated rings. The zero-order chi connectivity index (χ0) is 22.4. The van der Waals surface area contributed by atoms with E-state index in [1.807, 2.05) is 0 Å². The molecule has 0 atom stereocenters. The molecular formula is C19H15F3N4O3S2. The Kier molecular flexibility index (Phi) is 5.40. The summed E-state index contributed by atoms with van der Waals surface area (Å²) >= 11 is 0.899. The maximum atomic E-state index is 13.2. The molecule has 0 saturated heterocycles. The topological polar surface area (TPSA) is 106 Å². The number of thioether (sulfide) groups is 1. The summed E-state index contributed by atoms with van der Waals surface area (Å²) in [5, 5.41) is 5.63. The smallest absolute Gasteiger partial charge is 0.311 e. The number of benzene rings is 2. The molecule has 0 saturated carbocycles. The fourth-order valence-corrected chi connectivity index (χ4v) is 4.77. The van der Waals surface area contributed by atoms with E-state index in [1.54, 1.807) is 18.2 Å². The maximum Gasteiger partial charge on any atom is 0.451 e. The number of amides is 1. The molecule has 1 aliphatic heterocycles. The second kappa shape index (κ2) is 7.77. The normalized spacial score (nSPS) is 14.1. The Balaban J connectivity index is 1.58. The van der Waals surface area contributed by atoms with Gasteiger partial charge in [-0.1, -0.05) is 30.0 Å². The Morgan fingerprint density at radius 1 is 1.16 bits per heavy atom. The minimum Gasteiger partial charge on any atom is -0.311 e. The molecule has 162 valence electrons. The first-order valence-electron chi connectivity index (χ1n) is 8.97. The predicted octanol–water partition coefficient (Wildman–Crippen LogP) is 2.98. The van der Waals surface area contributed by atoms with Crippen molar-refractivity contribution in [3.8, 4) is 0 Å². The van der Waals surface area contributed by atoms with E-state index in [4.69, 9.17) is 5.14 Å². The zero-order valence-corrected chi connectivity index (χ0v) is 17.4. The van der Waals surface area contributed by atoms with Gasteiger partial charge in [0.1, 0.15) is 5.03 Å². The summed E-state index contributed by atoms with van der Waals surface area (Å²) in [7, 11) is -3.86. The van der Waals surface area contributed by atoms with Crippen molar-refractivity contribution in [1.82, 2.24) is 9.97 Å². The number of aromatic nitrogens is 2. The molecule has 0 radical (unpaired) electrons. The molecule has 7 nitrogen and oxygen atoms in total. The first kappa shape index (κ1) is 21.5. The van der Waals surface area contributed by atoms with Gasteiger partial charge < -0.3 is 4.90 Å². The van der Waals surface area contributed by atoms with Crippen LogP contribution in [0.25, 0.3) is 10.9 Å². The highest BCUT2D eigenvalue weighted by Gasteiger charge is 2.35. The molecule has 0 bridgehead atoms. The van der Waals surface area contributed by atoms with Crippen LogP contribution >= 0.6 is 11.8 Å². The van der Waals surface area contributed by atoms with E-state index in [2.05, 4.69) is 9.97 Å². The molecule has 2 N–H and O–H groups in total. The van der Waals surface area contributed by atoms with Crippen LogP contribution in [0.1, 0.15) is 11.4 Å². The van der Waals surface area contributed by atoms with Gasteiger partial charge in [0.15, 0.2) is 0 Å². The van der Waals surface area contributed by atoms with Crippen molar-refractivity contribution >= 4 is 44.3 Å². The van der Waals surface area contributed by atoms with Gasteiger partial charge in [-0.25, -0.2) is 23.5 Å². The van der Waals surface area contributed by atoms with Crippen LogP contribution in [0.3, 0.4) is 0 Å². The molecule has 4 rings (SSSR count). The number of para-hydroxylation sites is 1. The Labute approximate surface area is 179 Å². The number of fused-ring (bicyclic) bond motifs is 2. The van der Waals surface area contributed by atoms with Gasteiger partial charge in [-0.05, 0) is 36.2 Å². The summed E-state index contributed by atoms with van der Waals surface area (Å²) in [6.45, 7) is 0.334. The summed E-state index contributed by atoms with van der Waals surface area (Å²) in [4.78, 5) is 21.4. The van der Waals surface area contributed by atoms with Gasteiger partial charge in [0, 0.05) is 17.6 Å². The van der Waals surface area contributed by atoms with Crippen molar-refractivity contribution in [3.05, 3.63) is 53.9 Å². The van der Waals surface area contributed by atoms with Crippen LogP contribution in [0.4, 0.5) is 18.9 Å². The van der Waals surface area contributed by atoms with E-state index in [9.17, 15) is 26.4 Å². The van der Waals surface area contributed by atoms with Crippen LogP contribution < -0.4 is 10.0 Å². The molecule has 1 aromatic heterocycles. The second-order valence-electron chi connectivity index (χ2n) is 6.79. The summed E-state index contributed by atoms with van der Waals surface area (Å²) in [5.41, 5.74) is 1.36. The van der Waals surface area contributed by atoms with E-state index in [-0.39, 0.29) is 27.1 Å². The van der Waals surface area contributed by atoms with E-state index in [0.717, 1.165) is 11.8 Å². The Hall–Kier alpha value is -2.70. The molecule has 2 aromatic carbocycles. The average molecular weight is 468 g/mol. The van der Waals surface area contributed by atoms with Crippen molar-refractivity contribution in [2.45, 2.75) is 22.5 Å². The maximum absolute atomic E-state index is 13.2. The SMILES string of the molecule is NS(=O)(=O)c1ccc2c(c1)CCN2C(=O)CSc1nc(C(F)(F)F)nc2ccccc12. The Morgan fingerprint density at radius 2 is 1.90 bits per heavy atom. The van der Waals surface area contributed by atoms with Crippen molar-refractivity contribution < 1.29 is 26.4 Å². The number of anilines is 1. The molecule has 0 unspecified atom stereocenters. The fraction of sp³-hybridized carbons (Fsp3) is 0.211. The summed E-state index contributed by atoms with van der Waals surface area (Å²) in [5.74, 6) is -1.74. The van der Waals surface area contributed by atoms with Crippen LogP contribution in [-0.2, 0) is 27.4 Å². The number of hydrogen-bond donors (Lipinski definition) is 1. The number of sulfonamides is 1. The summed E-state index contributed by atoms with van der Waals surface area (Å²) in [6, 6.07) is 10.5. The second-order valence-corrected chi connectivity index (χ2v) is 9.31. The number of alkyl halides is 3. The monoisotopic (exact) mass is 468 g/mol. The number of nitrogens with zero attached hydrogens (tertiary/aromatic N) is 3. The minimum atomic E-state index is -4.71.